The van der Waals surface area contributed by atoms with E-state index < -0.39 is 20.0 Å². The molecule has 24 heavy (non-hydrogen) atoms. The molecule has 132 valence electrons. The van der Waals surface area contributed by atoms with Crippen molar-refractivity contribution in [1.82, 2.24) is 8.61 Å². The van der Waals surface area contributed by atoms with Gasteiger partial charge in [-0.3, -0.25) is 0 Å². The van der Waals surface area contributed by atoms with Gasteiger partial charge in [0.1, 0.15) is 0 Å². The average molecular weight is 370 g/mol. The van der Waals surface area contributed by atoms with E-state index in [9.17, 15) is 16.8 Å². The first-order chi connectivity index (χ1) is 11.3. The topological polar surface area (TPSA) is 74.8 Å². The van der Waals surface area contributed by atoms with Gasteiger partial charge in [-0.2, -0.15) is 8.61 Å². The van der Waals surface area contributed by atoms with Crippen molar-refractivity contribution in [3.05, 3.63) is 36.4 Å². The van der Waals surface area contributed by atoms with Crippen molar-refractivity contribution in [2.24, 2.45) is 0 Å². The lowest BCUT2D eigenvalue weighted by molar-refractivity contribution is 0.219. The third-order valence-electron chi connectivity index (χ3n) is 4.66. The van der Waals surface area contributed by atoms with Crippen molar-refractivity contribution in [3.8, 4) is 0 Å². The molecule has 2 fully saturated rings. The summed E-state index contributed by atoms with van der Waals surface area (Å²) in [7, 11) is -6.84. The quantitative estimate of drug-likeness (QED) is 0.805. The minimum atomic E-state index is -3.61. The highest BCUT2D eigenvalue weighted by atomic mass is 32.2. The number of sulfonamides is 2. The molecule has 8 heteroatoms. The molecule has 1 aromatic rings. The number of hydrogen-bond acceptors (Lipinski definition) is 4. The number of rotatable bonds is 4. The van der Waals surface area contributed by atoms with E-state index in [4.69, 9.17) is 0 Å². The summed E-state index contributed by atoms with van der Waals surface area (Å²) in [4.78, 5) is 0.234. The maximum absolute atomic E-state index is 12.8. The summed E-state index contributed by atoms with van der Waals surface area (Å²) in [6.07, 6.45) is 3.65. The van der Waals surface area contributed by atoms with Gasteiger partial charge in [-0.05, 0) is 37.0 Å². The lowest BCUT2D eigenvalue weighted by Crippen LogP contribution is -2.50. The minimum Gasteiger partial charge on any atom is -0.212 e. The second kappa shape index (κ2) is 6.59. The molecule has 2 aliphatic rings. The first kappa shape index (κ1) is 17.6. The molecule has 1 aromatic carbocycles. The van der Waals surface area contributed by atoms with Crippen molar-refractivity contribution in [1.29, 1.82) is 0 Å². The van der Waals surface area contributed by atoms with E-state index in [-0.39, 0.29) is 23.2 Å². The summed E-state index contributed by atoms with van der Waals surface area (Å²) in [5.74, 6) is 0.166. The van der Waals surface area contributed by atoms with E-state index in [0.29, 0.717) is 32.4 Å². The van der Waals surface area contributed by atoms with Crippen LogP contribution in [-0.4, -0.2) is 56.9 Å². The molecular weight excluding hydrogens is 348 g/mol. The first-order valence-electron chi connectivity index (χ1n) is 8.07. The number of piperidine rings is 1. The zero-order valence-corrected chi connectivity index (χ0v) is 15.1. The molecule has 3 rings (SSSR count). The molecule has 0 N–H and O–H groups in total. The fourth-order valence-electron chi connectivity index (χ4n) is 3.37. The van der Waals surface area contributed by atoms with Gasteiger partial charge in [0.25, 0.3) is 0 Å². The molecule has 0 aromatic heterocycles. The van der Waals surface area contributed by atoms with Gasteiger partial charge < -0.3 is 0 Å². The molecule has 0 amide bonds. The van der Waals surface area contributed by atoms with Gasteiger partial charge in [0.2, 0.25) is 20.0 Å². The Morgan fingerprint density at radius 1 is 1.12 bits per heavy atom. The first-order valence-corrected chi connectivity index (χ1v) is 11.1. The van der Waals surface area contributed by atoms with Crippen LogP contribution in [-0.2, 0) is 20.0 Å². The van der Waals surface area contributed by atoms with E-state index in [0.717, 1.165) is 5.56 Å². The number of benzene rings is 1. The largest absolute Gasteiger partial charge is 0.243 e. The fourth-order valence-corrected chi connectivity index (χ4v) is 6.65. The van der Waals surface area contributed by atoms with Gasteiger partial charge in [0.05, 0.1) is 10.6 Å². The van der Waals surface area contributed by atoms with Crippen LogP contribution in [0.25, 0.3) is 6.08 Å². The Labute approximate surface area is 143 Å². The normalized spacial score (nSPS) is 25.6. The smallest absolute Gasteiger partial charge is 0.212 e. The second-order valence-electron chi connectivity index (χ2n) is 6.21. The predicted octanol–water partition coefficient (Wildman–Crippen LogP) is 1.52. The number of nitrogens with zero attached hydrogens (tertiary/aromatic N) is 2. The SMILES string of the molecule is C=Cc1ccc(S(=O)(=O)N2CCCC(N3CCCS3(=O)=O)C2)cc1. The Hall–Kier alpha value is -1.22. The molecular formula is C16H22N2O4S2. The molecule has 0 aliphatic carbocycles. The van der Waals surface area contributed by atoms with Gasteiger partial charge >= 0.3 is 0 Å². The van der Waals surface area contributed by atoms with Crippen LogP contribution < -0.4 is 0 Å². The van der Waals surface area contributed by atoms with E-state index in [1.54, 1.807) is 30.3 Å². The van der Waals surface area contributed by atoms with Crippen LogP contribution in [0.1, 0.15) is 24.8 Å². The van der Waals surface area contributed by atoms with Crippen molar-refractivity contribution in [2.75, 3.05) is 25.4 Å². The highest BCUT2D eigenvalue weighted by Crippen LogP contribution is 2.27. The van der Waals surface area contributed by atoms with Crippen LogP contribution in [0.15, 0.2) is 35.7 Å². The Morgan fingerprint density at radius 3 is 2.42 bits per heavy atom. The van der Waals surface area contributed by atoms with Crippen LogP contribution in [0.3, 0.4) is 0 Å². The Balaban J connectivity index is 1.81. The van der Waals surface area contributed by atoms with E-state index in [2.05, 4.69) is 6.58 Å². The molecule has 6 nitrogen and oxygen atoms in total. The molecule has 2 aliphatic heterocycles. The van der Waals surface area contributed by atoms with E-state index >= 15 is 0 Å². The van der Waals surface area contributed by atoms with Crippen LogP contribution in [0.4, 0.5) is 0 Å². The van der Waals surface area contributed by atoms with E-state index in [1.807, 2.05) is 0 Å². The van der Waals surface area contributed by atoms with Gasteiger partial charge in [0, 0.05) is 25.7 Å². The Bertz CT molecular complexity index is 816. The van der Waals surface area contributed by atoms with Gasteiger partial charge in [-0.25, -0.2) is 16.8 Å². The molecule has 1 atom stereocenters. The zero-order chi connectivity index (χ0) is 17.4. The van der Waals surface area contributed by atoms with Crippen molar-refractivity contribution < 1.29 is 16.8 Å². The van der Waals surface area contributed by atoms with Gasteiger partial charge in [-0.1, -0.05) is 24.8 Å². The predicted molar refractivity (Wildman–Crippen MR) is 93.4 cm³/mol. The molecule has 0 radical (unpaired) electrons. The molecule has 0 saturated carbocycles. The summed E-state index contributed by atoms with van der Waals surface area (Å²) >= 11 is 0. The Kier molecular flexibility index (Phi) is 4.83. The fraction of sp³-hybridized carbons (Fsp3) is 0.500. The average Bonchev–Trinajstić information content (AvgIpc) is 2.94. The molecule has 2 heterocycles. The summed E-state index contributed by atoms with van der Waals surface area (Å²) in [5, 5.41) is 0. The van der Waals surface area contributed by atoms with E-state index in [1.165, 1.54) is 8.61 Å². The lowest BCUT2D eigenvalue weighted by Gasteiger charge is -2.36. The molecule has 2 saturated heterocycles. The van der Waals surface area contributed by atoms with Crippen LogP contribution in [0.2, 0.25) is 0 Å². The highest BCUT2D eigenvalue weighted by molar-refractivity contribution is 7.89. The van der Waals surface area contributed by atoms with Crippen LogP contribution >= 0.6 is 0 Å². The van der Waals surface area contributed by atoms with Crippen molar-refractivity contribution >= 4 is 26.1 Å². The third kappa shape index (κ3) is 3.28. The van der Waals surface area contributed by atoms with Gasteiger partial charge in [-0.15, -0.1) is 0 Å². The molecule has 0 bridgehead atoms. The summed E-state index contributed by atoms with van der Waals surface area (Å²) in [5.41, 5.74) is 0.855. The van der Waals surface area contributed by atoms with Crippen LogP contribution in [0.5, 0.6) is 0 Å². The summed E-state index contributed by atoms with van der Waals surface area (Å²) in [6, 6.07) is 6.32. The maximum Gasteiger partial charge on any atom is 0.243 e. The van der Waals surface area contributed by atoms with Crippen LogP contribution in [0, 0.1) is 0 Å². The third-order valence-corrected chi connectivity index (χ3v) is 8.54. The van der Waals surface area contributed by atoms with Crippen molar-refractivity contribution in [2.45, 2.75) is 30.2 Å². The monoisotopic (exact) mass is 370 g/mol. The summed E-state index contributed by atoms with van der Waals surface area (Å²) in [6.45, 7) is 4.81. The minimum absolute atomic E-state index is 0.166. The Morgan fingerprint density at radius 2 is 1.83 bits per heavy atom. The van der Waals surface area contributed by atoms with Crippen molar-refractivity contribution in [3.63, 3.8) is 0 Å². The maximum atomic E-state index is 12.8. The second-order valence-corrected chi connectivity index (χ2v) is 10.2. The lowest BCUT2D eigenvalue weighted by atomic mass is 10.1. The molecule has 1 unspecified atom stereocenters. The summed E-state index contributed by atoms with van der Waals surface area (Å²) < 4.78 is 52.8. The zero-order valence-electron chi connectivity index (χ0n) is 13.5. The number of hydrogen-bond donors (Lipinski definition) is 0. The molecule has 0 spiro atoms. The standard InChI is InChI=1S/C16H22N2O4S2/c1-2-14-6-8-16(9-7-14)24(21,22)17-10-3-5-15(13-17)18-11-4-12-23(18,19)20/h2,6-9,15H,1,3-5,10-13H2. The van der Waals surface area contributed by atoms with Gasteiger partial charge in [0.15, 0.2) is 0 Å². The highest BCUT2D eigenvalue weighted by Gasteiger charge is 2.39.